The van der Waals surface area contributed by atoms with E-state index in [0.717, 1.165) is 22.3 Å². The fraction of sp³-hybridized carbons (Fsp3) is 0.240. The molecule has 0 aromatic heterocycles. The third-order valence-corrected chi connectivity index (χ3v) is 4.78. The third-order valence-electron chi connectivity index (χ3n) is 4.78. The Kier molecular flexibility index (Phi) is 7.29. The van der Waals surface area contributed by atoms with Gasteiger partial charge in [-0.25, -0.2) is 0 Å². The number of ether oxygens (including phenoxy) is 2. The van der Waals surface area contributed by atoms with Crippen LogP contribution < -0.4 is 5.32 Å². The number of terminal acetylenes is 2. The highest BCUT2D eigenvalue weighted by molar-refractivity contribution is 5.91. The average molecular weight is 401 g/mol. The van der Waals surface area contributed by atoms with E-state index in [1.807, 2.05) is 48.5 Å². The van der Waals surface area contributed by atoms with E-state index in [2.05, 4.69) is 17.2 Å². The van der Waals surface area contributed by atoms with Crippen LogP contribution in [0, 0.1) is 24.7 Å². The van der Waals surface area contributed by atoms with Crippen LogP contribution in [0.2, 0.25) is 0 Å². The molecule has 0 radical (unpaired) electrons. The first-order chi connectivity index (χ1) is 14.6. The Morgan fingerprint density at radius 3 is 2.47 bits per heavy atom. The van der Waals surface area contributed by atoms with E-state index in [1.54, 1.807) is 6.08 Å². The van der Waals surface area contributed by atoms with Gasteiger partial charge in [0, 0.05) is 17.9 Å². The van der Waals surface area contributed by atoms with Gasteiger partial charge in [0.1, 0.15) is 0 Å². The van der Waals surface area contributed by atoms with Gasteiger partial charge in [-0.2, -0.15) is 0 Å². The van der Waals surface area contributed by atoms with E-state index in [0.29, 0.717) is 13.0 Å². The SMILES string of the molecule is C#CCNC(=O)C1=C[C@H](c2ccc(C#C)cc2)C[C@H](OCc2ccc(CO)cc2)O1. The number of benzene rings is 2. The number of carbonyl (C=O) groups excluding carboxylic acids is 1. The predicted molar refractivity (Wildman–Crippen MR) is 114 cm³/mol. The van der Waals surface area contributed by atoms with Crippen LogP contribution >= 0.6 is 0 Å². The molecule has 0 aliphatic carbocycles. The van der Waals surface area contributed by atoms with Crippen molar-refractivity contribution in [1.82, 2.24) is 5.32 Å². The minimum Gasteiger partial charge on any atom is -0.459 e. The first-order valence-electron chi connectivity index (χ1n) is 9.60. The molecule has 0 fully saturated rings. The molecule has 5 nitrogen and oxygen atoms in total. The van der Waals surface area contributed by atoms with Gasteiger partial charge in [0.05, 0.1) is 19.8 Å². The van der Waals surface area contributed by atoms with Crippen LogP contribution in [0.25, 0.3) is 0 Å². The van der Waals surface area contributed by atoms with Crippen LogP contribution in [0.4, 0.5) is 0 Å². The molecule has 0 unspecified atom stereocenters. The molecule has 2 atom stereocenters. The maximum absolute atomic E-state index is 12.4. The number of hydrogen-bond donors (Lipinski definition) is 2. The number of carbonyl (C=O) groups is 1. The lowest BCUT2D eigenvalue weighted by molar-refractivity contribution is -0.150. The van der Waals surface area contributed by atoms with E-state index < -0.39 is 6.29 Å². The first kappa shape index (κ1) is 21.2. The molecule has 1 aliphatic rings. The summed E-state index contributed by atoms with van der Waals surface area (Å²) in [5, 5.41) is 11.8. The van der Waals surface area contributed by atoms with E-state index in [9.17, 15) is 4.79 Å². The highest BCUT2D eigenvalue weighted by atomic mass is 16.7. The van der Waals surface area contributed by atoms with Crippen molar-refractivity contribution in [2.24, 2.45) is 0 Å². The summed E-state index contributed by atoms with van der Waals surface area (Å²) in [7, 11) is 0. The highest BCUT2D eigenvalue weighted by Gasteiger charge is 2.28. The average Bonchev–Trinajstić information content (AvgIpc) is 2.81. The Morgan fingerprint density at radius 1 is 1.13 bits per heavy atom. The molecule has 1 heterocycles. The smallest absolute Gasteiger partial charge is 0.286 e. The second kappa shape index (κ2) is 10.3. The monoisotopic (exact) mass is 401 g/mol. The minimum absolute atomic E-state index is 0.00601. The lowest BCUT2D eigenvalue weighted by atomic mass is 9.92. The second-order valence-corrected chi connectivity index (χ2v) is 6.86. The zero-order valence-electron chi connectivity index (χ0n) is 16.5. The fourth-order valence-electron chi connectivity index (χ4n) is 3.13. The van der Waals surface area contributed by atoms with Crippen molar-refractivity contribution in [2.75, 3.05) is 6.54 Å². The number of aliphatic hydroxyl groups excluding tert-OH is 1. The maximum atomic E-state index is 12.4. The lowest BCUT2D eigenvalue weighted by Crippen LogP contribution is -2.33. The molecule has 5 heteroatoms. The fourth-order valence-corrected chi connectivity index (χ4v) is 3.13. The molecular formula is C25H23NO4. The topological polar surface area (TPSA) is 67.8 Å². The molecule has 2 N–H and O–H groups in total. The third kappa shape index (κ3) is 5.52. The molecule has 0 spiro atoms. The summed E-state index contributed by atoms with van der Waals surface area (Å²) in [6, 6.07) is 15.1. The van der Waals surface area contributed by atoms with Crippen molar-refractivity contribution in [3.05, 3.63) is 82.6 Å². The Hall–Kier alpha value is -3.51. The Balaban J connectivity index is 1.74. The van der Waals surface area contributed by atoms with Crippen molar-refractivity contribution < 1.29 is 19.4 Å². The van der Waals surface area contributed by atoms with Gasteiger partial charge in [-0.05, 0) is 34.9 Å². The number of hydrogen-bond acceptors (Lipinski definition) is 4. The maximum Gasteiger partial charge on any atom is 0.286 e. The predicted octanol–water partition coefficient (Wildman–Crippen LogP) is 2.84. The number of aliphatic hydroxyl groups is 1. The summed E-state index contributed by atoms with van der Waals surface area (Å²) in [6.45, 7) is 0.427. The van der Waals surface area contributed by atoms with Gasteiger partial charge in [-0.15, -0.1) is 12.8 Å². The lowest BCUT2D eigenvalue weighted by Gasteiger charge is -2.29. The molecule has 3 rings (SSSR count). The first-order valence-corrected chi connectivity index (χ1v) is 9.60. The second-order valence-electron chi connectivity index (χ2n) is 6.86. The van der Waals surface area contributed by atoms with E-state index in [-0.39, 0.29) is 30.7 Å². The van der Waals surface area contributed by atoms with Crippen LogP contribution in [-0.2, 0) is 27.5 Å². The Labute approximate surface area is 176 Å². The largest absolute Gasteiger partial charge is 0.459 e. The summed E-state index contributed by atoms with van der Waals surface area (Å²) in [5.41, 5.74) is 3.58. The van der Waals surface area contributed by atoms with Crippen molar-refractivity contribution in [1.29, 1.82) is 0 Å². The summed E-state index contributed by atoms with van der Waals surface area (Å²) in [4.78, 5) is 12.4. The molecule has 30 heavy (non-hydrogen) atoms. The number of amides is 1. The van der Waals surface area contributed by atoms with Gasteiger partial charge < -0.3 is 19.9 Å². The summed E-state index contributed by atoms with van der Waals surface area (Å²) in [6.07, 6.45) is 12.4. The molecule has 2 aromatic carbocycles. The molecule has 152 valence electrons. The zero-order chi connectivity index (χ0) is 21.3. The van der Waals surface area contributed by atoms with Gasteiger partial charge >= 0.3 is 0 Å². The van der Waals surface area contributed by atoms with Gasteiger partial charge in [0.25, 0.3) is 5.91 Å². The number of nitrogens with one attached hydrogen (secondary N) is 1. The quantitative estimate of drug-likeness (QED) is 0.700. The van der Waals surface area contributed by atoms with Gasteiger partial charge in [-0.1, -0.05) is 48.2 Å². The van der Waals surface area contributed by atoms with E-state index >= 15 is 0 Å². The van der Waals surface area contributed by atoms with Crippen molar-refractivity contribution in [2.45, 2.75) is 31.8 Å². The highest BCUT2D eigenvalue weighted by Crippen LogP contribution is 2.32. The number of allylic oxidation sites excluding steroid dienone is 1. The minimum atomic E-state index is -0.601. The molecule has 0 bridgehead atoms. The van der Waals surface area contributed by atoms with Crippen molar-refractivity contribution >= 4 is 5.91 Å². The van der Waals surface area contributed by atoms with Crippen molar-refractivity contribution in [3.63, 3.8) is 0 Å². The summed E-state index contributed by atoms with van der Waals surface area (Å²) in [5.74, 6) is 4.71. The van der Waals surface area contributed by atoms with Gasteiger partial charge in [-0.3, -0.25) is 4.79 Å². The van der Waals surface area contributed by atoms with Gasteiger partial charge in [0.15, 0.2) is 5.76 Å². The van der Waals surface area contributed by atoms with Crippen LogP contribution in [0.5, 0.6) is 0 Å². The molecule has 0 saturated carbocycles. The van der Waals surface area contributed by atoms with E-state index in [1.165, 1.54) is 0 Å². The molecule has 2 aromatic rings. The van der Waals surface area contributed by atoms with Gasteiger partial charge in [0.2, 0.25) is 6.29 Å². The van der Waals surface area contributed by atoms with Crippen LogP contribution in [0.15, 0.2) is 60.4 Å². The summed E-state index contributed by atoms with van der Waals surface area (Å²) >= 11 is 0. The van der Waals surface area contributed by atoms with Crippen LogP contribution in [0.1, 0.15) is 34.6 Å². The zero-order valence-corrected chi connectivity index (χ0v) is 16.5. The molecular weight excluding hydrogens is 378 g/mol. The molecule has 1 amide bonds. The standard InChI is InChI=1S/C25H23NO4/c1-3-13-26-25(28)23-14-22(21-11-9-18(4-2)10-12-21)15-24(30-23)29-17-20-7-5-19(16-27)6-8-20/h1-2,5-12,14,22,24,27H,13,15-17H2,(H,26,28)/t22-,24+/m0/s1. The van der Waals surface area contributed by atoms with E-state index in [4.69, 9.17) is 27.4 Å². The van der Waals surface area contributed by atoms with Crippen molar-refractivity contribution in [3.8, 4) is 24.7 Å². The summed E-state index contributed by atoms with van der Waals surface area (Å²) < 4.78 is 11.7. The molecule has 0 saturated heterocycles. The van der Waals surface area contributed by atoms with Crippen LogP contribution in [0.3, 0.4) is 0 Å². The molecule has 1 aliphatic heterocycles. The normalized spacial score (nSPS) is 17.8. The Morgan fingerprint density at radius 2 is 1.83 bits per heavy atom. The van der Waals surface area contributed by atoms with Crippen LogP contribution in [-0.4, -0.2) is 23.8 Å². The number of rotatable bonds is 7. The Bertz CT molecular complexity index is 978.